The summed E-state index contributed by atoms with van der Waals surface area (Å²) in [7, 11) is 0. The van der Waals surface area contributed by atoms with E-state index in [9.17, 15) is 20.1 Å². The van der Waals surface area contributed by atoms with Crippen molar-refractivity contribution in [2.75, 3.05) is 6.61 Å². The number of aliphatic hydroxyl groups excluding tert-OH is 3. The Kier molecular flexibility index (Phi) is 4.00. The molecule has 15 heavy (non-hydrogen) atoms. The Hall–Kier alpha value is -0.730. The normalized spacial score (nSPS) is 41.5. The Bertz CT molecular complexity index is 231. The van der Waals surface area contributed by atoms with Gasteiger partial charge in [0.2, 0.25) is 0 Å². The van der Waals surface area contributed by atoms with Crippen LogP contribution >= 0.6 is 0 Å². The number of hydrogen-bond donors (Lipinski definition) is 4. The molecule has 7 nitrogen and oxygen atoms in total. The van der Waals surface area contributed by atoms with Gasteiger partial charge in [-0.05, 0) is 6.92 Å². The van der Waals surface area contributed by atoms with E-state index >= 15 is 0 Å². The lowest BCUT2D eigenvalue weighted by Gasteiger charge is -2.38. The number of rotatable bonds is 3. The van der Waals surface area contributed by atoms with Crippen LogP contribution < -0.4 is 0 Å². The molecule has 0 amide bonds. The van der Waals surface area contributed by atoms with E-state index in [1.807, 2.05) is 0 Å². The lowest BCUT2D eigenvalue weighted by Crippen LogP contribution is -2.60. The summed E-state index contributed by atoms with van der Waals surface area (Å²) in [4.78, 5) is 10.6. The zero-order chi connectivity index (χ0) is 11.6. The van der Waals surface area contributed by atoms with Gasteiger partial charge in [-0.25, -0.2) is 4.79 Å². The van der Waals surface area contributed by atoms with Gasteiger partial charge < -0.3 is 29.9 Å². The standard InChI is InChI=1S/C8H14O7/c1-2-14-8-5(11)3(9)4(10)6(15-8)7(12)13/h3-6,8-11H,2H2,1H3,(H,12,13)/t3?,4-,5+,6?,8+/m0/s1. The Balaban J connectivity index is 2.75. The second kappa shape index (κ2) is 4.86. The Morgan fingerprint density at radius 3 is 2.33 bits per heavy atom. The highest BCUT2D eigenvalue weighted by atomic mass is 16.7. The molecule has 0 aromatic carbocycles. The molecule has 0 aromatic heterocycles. The van der Waals surface area contributed by atoms with Crippen LogP contribution in [-0.2, 0) is 14.3 Å². The maximum atomic E-state index is 10.6. The first-order valence-corrected chi connectivity index (χ1v) is 4.53. The lowest BCUT2D eigenvalue weighted by atomic mass is 9.99. The molecule has 7 heteroatoms. The van der Waals surface area contributed by atoms with Gasteiger partial charge in [0.1, 0.15) is 18.3 Å². The number of carboxylic acid groups (broad SMARTS) is 1. The summed E-state index contributed by atoms with van der Waals surface area (Å²) in [6.45, 7) is 1.82. The van der Waals surface area contributed by atoms with E-state index in [0.29, 0.717) is 0 Å². The van der Waals surface area contributed by atoms with Gasteiger partial charge in [-0.2, -0.15) is 0 Å². The molecule has 1 heterocycles. The molecule has 88 valence electrons. The van der Waals surface area contributed by atoms with E-state index in [-0.39, 0.29) is 6.61 Å². The van der Waals surface area contributed by atoms with Gasteiger partial charge in [0.15, 0.2) is 12.4 Å². The first-order valence-electron chi connectivity index (χ1n) is 4.53. The van der Waals surface area contributed by atoms with Crippen molar-refractivity contribution >= 4 is 5.97 Å². The monoisotopic (exact) mass is 222 g/mol. The van der Waals surface area contributed by atoms with Crippen molar-refractivity contribution in [2.45, 2.75) is 37.6 Å². The maximum Gasteiger partial charge on any atom is 0.335 e. The van der Waals surface area contributed by atoms with Crippen molar-refractivity contribution in [3.05, 3.63) is 0 Å². The average molecular weight is 222 g/mol. The third-order valence-electron chi connectivity index (χ3n) is 2.14. The van der Waals surface area contributed by atoms with E-state index in [4.69, 9.17) is 14.6 Å². The highest BCUT2D eigenvalue weighted by molar-refractivity contribution is 5.73. The second-order valence-electron chi connectivity index (χ2n) is 3.19. The minimum Gasteiger partial charge on any atom is -0.479 e. The van der Waals surface area contributed by atoms with Gasteiger partial charge >= 0.3 is 5.97 Å². The molecule has 1 fully saturated rings. The van der Waals surface area contributed by atoms with Crippen LogP contribution in [0.5, 0.6) is 0 Å². The summed E-state index contributed by atoms with van der Waals surface area (Å²) in [6.07, 6.45) is -7.57. The number of carboxylic acids is 1. The summed E-state index contributed by atoms with van der Waals surface area (Å²) in [5.74, 6) is -1.42. The Morgan fingerprint density at radius 2 is 1.87 bits per heavy atom. The fraction of sp³-hybridized carbons (Fsp3) is 0.875. The highest BCUT2D eigenvalue weighted by Gasteiger charge is 2.47. The van der Waals surface area contributed by atoms with Crippen LogP contribution in [0, 0.1) is 0 Å². The van der Waals surface area contributed by atoms with Gasteiger partial charge in [0.05, 0.1) is 0 Å². The van der Waals surface area contributed by atoms with E-state index in [0.717, 1.165) is 0 Å². The minimum absolute atomic E-state index is 0.191. The third-order valence-corrected chi connectivity index (χ3v) is 2.14. The summed E-state index contributed by atoms with van der Waals surface area (Å²) in [6, 6.07) is 0. The van der Waals surface area contributed by atoms with Crippen molar-refractivity contribution in [1.82, 2.24) is 0 Å². The van der Waals surface area contributed by atoms with Crippen LogP contribution in [0.15, 0.2) is 0 Å². The molecular weight excluding hydrogens is 208 g/mol. The molecule has 0 spiro atoms. The molecule has 0 bridgehead atoms. The average Bonchev–Trinajstić information content (AvgIpc) is 2.18. The van der Waals surface area contributed by atoms with Crippen LogP contribution in [0.3, 0.4) is 0 Å². The Labute approximate surface area is 85.9 Å². The van der Waals surface area contributed by atoms with Crippen molar-refractivity contribution in [3.63, 3.8) is 0 Å². The molecular formula is C8H14O7. The Morgan fingerprint density at radius 1 is 1.27 bits per heavy atom. The van der Waals surface area contributed by atoms with Crippen LogP contribution in [0.4, 0.5) is 0 Å². The lowest BCUT2D eigenvalue weighted by molar-refractivity contribution is -0.292. The first kappa shape index (κ1) is 12.3. The first-order chi connectivity index (χ1) is 6.99. The summed E-state index contributed by atoms with van der Waals surface area (Å²) >= 11 is 0. The predicted molar refractivity (Wildman–Crippen MR) is 45.9 cm³/mol. The zero-order valence-corrected chi connectivity index (χ0v) is 8.11. The van der Waals surface area contributed by atoms with Gasteiger partial charge in [-0.15, -0.1) is 0 Å². The van der Waals surface area contributed by atoms with Crippen LogP contribution in [0.2, 0.25) is 0 Å². The molecule has 1 rings (SSSR count). The summed E-state index contributed by atoms with van der Waals surface area (Å²) < 4.78 is 9.69. The van der Waals surface area contributed by atoms with E-state index in [1.54, 1.807) is 6.92 Å². The van der Waals surface area contributed by atoms with E-state index in [1.165, 1.54) is 0 Å². The zero-order valence-electron chi connectivity index (χ0n) is 8.11. The molecule has 1 aliphatic rings. The smallest absolute Gasteiger partial charge is 0.335 e. The molecule has 2 unspecified atom stereocenters. The number of hydrogen-bond acceptors (Lipinski definition) is 6. The van der Waals surface area contributed by atoms with Crippen LogP contribution in [-0.4, -0.2) is 63.7 Å². The molecule has 1 saturated heterocycles. The van der Waals surface area contributed by atoms with Crippen molar-refractivity contribution < 1.29 is 34.7 Å². The molecule has 0 radical (unpaired) electrons. The summed E-state index contributed by atoms with van der Waals surface area (Å²) in [5, 5.41) is 36.7. The molecule has 0 saturated carbocycles. The molecule has 5 atom stereocenters. The highest BCUT2D eigenvalue weighted by Crippen LogP contribution is 2.22. The molecule has 1 aliphatic heterocycles. The third kappa shape index (κ3) is 2.44. The van der Waals surface area contributed by atoms with E-state index < -0.39 is 36.7 Å². The SMILES string of the molecule is CCO[C@@H]1OC(C(=O)O)[C@@H](O)C(O)[C@H]1O. The second-order valence-corrected chi connectivity index (χ2v) is 3.19. The van der Waals surface area contributed by atoms with Gasteiger partial charge in [-0.3, -0.25) is 0 Å². The van der Waals surface area contributed by atoms with Crippen molar-refractivity contribution in [3.8, 4) is 0 Å². The van der Waals surface area contributed by atoms with Gasteiger partial charge in [-0.1, -0.05) is 0 Å². The summed E-state index contributed by atoms with van der Waals surface area (Å²) in [5.41, 5.74) is 0. The number of ether oxygens (including phenoxy) is 2. The largest absolute Gasteiger partial charge is 0.479 e. The number of aliphatic hydroxyl groups is 3. The molecule has 0 aliphatic carbocycles. The van der Waals surface area contributed by atoms with Crippen LogP contribution in [0.25, 0.3) is 0 Å². The number of carbonyl (C=O) groups is 1. The fourth-order valence-corrected chi connectivity index (χ4v) is 1.35. The van der Waals surface area contributed by atoms with Gasteiger partial charge in [0, 0.05) is 6.61 Å². The quantitative estimate of drug-likeness (QED) is 0.432. The van der Waals surface area contributed by atoms with Crippen molar-refractivity contribution in [2.24, 2.45) is 0 Å². The fourth-order valence-electron chi connectivity index (χ4n) is 1.35. The minimum atomic E-state index is -1.67. The van der Waals surface area contributed by atoms with Crippen LogP contribution in [0.1, 0.15) is 6.92 Å². The van der Waals surface area contributed by atoms with Gasteiger partial charge in [0.25, 0.3) is 0 Å². The molecule has 0 aromatic rings. The molecule has 4 N–H and O–H groups in total. The maximum absolute atomic E-state index is 10.6. The predicted octanol–water partition coefficient (Wildman–Crippen LogP) is -2.08. The number of aliphatic carboxylic acids is 1. The van der Waals surface area contributed by atoms with Crippen molar-refractivity contribution in [1.29, 1.82) is 0 Å². The van der Waals surface area contributed by atoms with E-state index in [2.05, 4.69) is 0 Å². The topological polar surface area (TPSA) is 116 Å².